The van der Waals surface area contributed by atoms with Crippen LogP contribution in [0.1, 0.15) is 32.1 Å². The van der Waals surface area contributed by atoms with Crippen molar-refractivity contribution in [2.75, 3.05) is 11.9 Å². The molecule has 142 valence electrons. The highest BCUT2D eigenvalue weighted by atomic mass is 32.1. The number of non-ortho nitro benzene ring substituents is 1. The molecule has 0 radical (unpaired) electrons. The number of nitro benzene ring substituents is 1. The molecule has 1 heterocycles. The minimum atomic E-state index is -0.473. The molecule has 27 heavy (non-hydrogen) atoms. The Balaban J connectivity index is 1.54. The molecule has 1 aliphatic carbocycles. The van der Waals surface area contributed by atoms with Crippen molar-refractivity contribution < 1.29 is 19.2 Å². The van der Waals surface area contributed by atoms with Gasteiger partial charge in [-0.25, -0.2) is 4.98 Å². The summed E-state index contributed by atoms with van der Waals surface area (Å²) in [6.07, 6.45) is 4.82. The maximum Gasteiger partial charge on any atom is 0.309 e. The number of benzene rings is 1. The molecule has 0 atom stereocenters. The van der Waals surface area contributed by atoms with Gasteiger partial charge in [-0.3, -0.25) is 25.0 Å². The molecular weight excluding hydrogens is 370 g/mol. The van der Waals surface area contributed by atoms with E-state index in [0.717, 1.165) is 32.1 Å². The van der Waals surface area contributed by atoms with Crippen molar-refractivity contribution in [1.29, 1.82) is 0 Å². The first-order valence-corrected chi connectivity index (χ1v) is 9.58. The van der Waals surface area contributed by atoms with Crippen LogP contribution in [0.25, 0.3) is 11.3 Å². The number of ether oxygens (including phenoxy) is 1. The third-order valence-corrected chi connectivity index (χ3v) is 5.15. The monoisotopic (exact) mass is 389 g/mol. The van der Waals surface area contributed by atoms with E-state index < -0.39 is 10.8 Å². The number of aromatic nitrogens is 1. The number of esters is 1. The molecule has 0 saturated heterocycles. The van der Waals surface area contributed by atoms with Crippen molar-refractivity contribution in [3.63, 3.8) is 0 Å². The van der Waals surface area contributed by atoms with E-state index in [4.69, 9.17) is 4.74 Å². The van der Waals surface area contributed by atoms with Gasteiger partial charge >= 0.3 is 5.97 Å². The molecule has 0 bridgehead atoms. The number of nitrogens with zero attached hydrogens (tertiary/aromatic N) is 2. The van der Waals surface area contributed by atoms with Crippen molar-refractivity contribution in [2.24, 2.45) is 5.92 Å². The van der Waals surface area contributed by atoms with Crippen molar-refractivity contribution >= 4 is 34.0 Å². The van der Waals surface area contributed by atoms with Crippen LogP contribution in [0.2, 0.25) is 0 Å². The first kappa shape index (κ1) is 19.0. The van der Waals surface area contributed by atoms with Crippen LogP contribution in [-0.2, 0) is 14.3 Å². The van der Waals surface area contributed by atoms with Crippen molar-refractivity contribution in [1.82, 2.24) is 4.98 Å². The van der Waals surface area contributed by atoms with Crippen LogP contribution >= 0.6 is 11.3 Å². The van der Waals surface area contributed by atoms with Crippen LogP contribution in [0.5, 0.6) is 0 Å². The quantitative estimate of drug-likeness (QED) is 0.457. The van der Waals surface area contributed by atoms with Crippen molar-refractivity contribution in [3.05, 3.63) is 39.8 Å². The number of anilines is 1. The molecule has 8 nitrogen and oxygen atoms in total. The topological polar surface area (TPSA) is 111 Å². The SMILES string of the molecule is O=C(COC(=O)C1CCCCC1)Nc1nc(-c2cccc([N+](=O)[O-])c2)cs1. The molecule has 0 aliphatic heterocycles. The summed E-state index contributed by atoms with van der Waals surface area (Å²) in [4.78, 5) is 38.6. The molecule has 1 saturated carbocycles. The summed E-state index contributed by atoms with van der Waals surface area (Å²) in [6, 6.07) is 6.11. The van der Waals surface area contributed by atoms with Crippen molar-refractivity contribution in [2.45, 2.75) is 32.1 Å². The van der Waals surface area contributed by atoms with Crippen LogP contribution in [-0.4, -0.2) is 28.4 Å². The second-order valence-corrected chi connectivity index (χ2v) is 7.19. The fraction of sp³-hybridized carbons (Fsp3) is 0.389. The Morgan fingerprint density at radius 1 is 1.30 bits per heavy atom. The Kier molecular flexibility index (Phi) is 6.12. The summed E-state index contributed by atoms with van der Waals surface area (Å²) < 4.78 is 5.10. The summed E-state index contributed by atoms with van der Waals surface area (Å²) >= 11 is 1.20. The number of nitrogens with one attached hydrogen (secondary N) is 1. The van der Waals surface area contributed by atoms with Gasteiger partial charge in [0.15, 0.2) is 11.7 Å². The van der Waals surface area contributed by atoms with Crippen molar-refractivity contribution in [3.8, 4) is 11.3 Å². The van der Waals surface area contributed by atoms with Gasteiger partial charge in [0, 0.05) is 23.1 Å². The minimum Gasteiger partial charge on any atom is -0.455 e. The lowest BCUT2D eigenvalue weighted by atomic mass is 9.89. The fourth-order valence-corrected chi connectivity index (χ4v) is 3.73. The van der Waals surface area contributed by atoms with Gasteiger partial charge in [0.05, 0.1) is 16.5 Å². The predicted octanol–water partition coefficient (Wildman–Crippen LogP) is 3.78. The predicted molar refractivity (Wildman–Crippen MR) is 100 cm³/mol. The minimum absolute atomic E-state index is 0.0271. The van der Waals surface area contributed by atoms with Gasteiger partial charge in [-0.1, -0.05) is 31.4 Å². The average molecular weight is 389 g/mol. The lowest BCUT2D eigenvalue weighted by Gasteiger charge is -2.19. The summed E-state index contributed by atoms with van der Waals surface area (Å²) in [5.74, 6) is -0.882. The molecule has 2 aromatic rings. The third kappa shape index (κ3) is 5.10. The highest BCUT2D eigenvalue weighted by molar-refractivity contribution is 7.14. The third-order valence-electron chi connectivity index (χ3n) is 4.39. The summed E-state index contributed by atoms with van der Waals surface area (Å²) in [5, 5.41) is 15.5. The average Bonchev–Trinajstić information content (AvgIpc) is 3.15. The molecule has 1 N–H and O–H groups in total. The molecule has 1 aromatic carbocycles. The Hall–Kier alpha value is -2.81. The van der Waals surface area contributed by atoms with E-state index in [9.17, 15) is 19.7 Å². The largest absolute Gasteiger partial charge is 0.455 e. The van der Waals surface area contributed by atoms with Gasteiger partial charge in [0.2, 0.25) is 0 Å². The van der Waals surface area contributed by atoms with E-state index in [1.165, 1.54) is 23.5 Å². The van der Waals surface area contributed by atoms with E-state index in [1.54, 1.807) is 17.5 Å². The lowest BCUT2D eigenvalue weighted by Crippen LogP contribution is -2.25. The Morgan fingerprint density at radius 3 is 2.81 bits per heavy atom. The zero-order chi connectivity index (χ0) is 19.2. The Labute approximate surface area is 159 Å². The molecule has 1 amide bonds. The van der Waals surface area contributed by atoms with Gasteiger partial charge in [-0.05, 0) is 12.8 Å². The number of hydrogen-bond donors (Lipinski definition) is 1. The number of carbonyl (C=O) groups excluding carboxylic acids is 2. The van der Waals surface area contributed by atoms with Crippen LogP contribution < -0.4 is 5.32 Å². The van der Waals surface area contributed by atoms with Gasteiger partial charge in [0.25, 0.3) is 11.6 Å². The number of hydrogen-bond acceptors (Lipinski definition) is 7. The Morgan fingerprint density at radius 2 is 2.07 bits per heavy atom. The maximum absolute atomic E-state index is 12.0. The number of amides is 1. The number of nitro groups is 1. The first-order valence-electron chi connectivity index (χ1n) is 8.70. The molecule has 1 aliphatic rings. The molecule has 1 fully saturated rings. The highest BCUT2D eigenvalue weighted by Gasteiger charge is 2.23. The van der Waals surface area contributed by atoms with Gasteiger partial charge in [-0.15, -0.1) is 11.3 Å². The van der Waals surface area contributed by atoms with E-state index in [0.29, 0.717) is 16.4 Å². The Bertz CT molecular complexity index is 845. The first-order chi connectivity index (χ1) is 13.0. The van der Waals surface area contributed by atoms with E-state index in [1.807, 2.05) is 0 Å². The molecule has 1 aromatic heterocycles. The van der Waals surface area contributed by atoms with Crippen LogP contribution in [0.4, 0.5) is 10.8 Å². The van der Waals surface area contributed by atoms with Crippen LogP contribution in [0.15, 0.2) is 29.6 Å². The standard InChI is InChI=1S/C18H19N3O5S/c22-16(10-26-17(23)12-5-2-1-3-6-12)20-18-19-15(11-27-18)13-7-4-8-14(9-13)21(24)25/h4,7-9,11-12H,1-3,5-6,10H2,(H,19,20,22). The smallest absolute Gasteiger partial charge is 0.309 e. The van der Waals surface area contributed by atoms with Gasteiger partial charge < -0.3 is 4.74 Å². The molecule has 3 rings (SSSR count). The fourth-order valence-electron chi connectivity index (χ4n) is 2.99. The molecule has 0 unspecified atom stereocenters. The van der Waals surface area contributed by atoms with Crippen LogP contribution in [0.3, 0.4) is 0 Å². The summed E-state index contributed by atoms with van der Waals surface area (Å²) in [7, 11) is 0. The molecule has 0 spiro atoms. The molecule has 9 heteroatoms. The normalized spacial score (nSPS) is 14.5. The summed E-state index contributed by atoms with van der Waals surface area (Å²) in [5.41, 5.74) is 1.09. The zero-order valence-corrected chi connectivity index (χ0v) is 15.4. The second-order valence-electron chi connectivity index (χ2n) is 6.34. The van der Waals surface area contributed by atoms with E-state index >= 15 is 0 Å². The maximum atomic E-state index is 12.0. The van der Waals surface area contributed by atoms with Crippen LogP contribution in [0, 0.1) is 16.0 Å². The lowest BCUT2D eigenvalue weighted by molar-refractivity contribution is -0.384. The zero-order valence-electron chi connectivity index (χ0n) is 14.6. The number of carbonyl (C=O) groups is 2. The van der Waals surface area contributed by atoms with E-state index in [2.05, 4.69) is 10.3 Å². The van der Waals surface area contributed by atoms with Gasteiger partial charge in [0.1, 0.15) is 0 Å². The van der Waals surface area contributed by atoms with Gasteiger partial charge in [-0.2, -0.15) is 0 Å². The second kappa shape index (κ2) is 8.72. The molecular formula is C18H19N3O5S. The van der Waals surface area contributed by atoms with E-state index in [-0.39, 0.29) is 24.2 Å². The summed E-state index contributed by atoms with van der Waals surface area (Å²) in [6.45, 7) is -0.346. The number of thiazole rings is 1. The number of rotatable bonds is 6. The highest BCUT2D eigenvalue weighted by Crippen LogP contribution is 2.27.